The van der Waals surface area contributed by atoms with Gasteiger partial charge in [0, 0.05) is 70.3 Å². The first-order chi connectivity index (χ1) is 21.2. The van der Waals surface area contributed by atoms with Gasteiger partial charge in [0.2, 0.25) is 17.8 Å². The minimum Gasteiger partial charge on any atom is -0.494 e. The van der Waals surface area contributed by atoms with E-state index < -0.39 is 5.91 Å². The quantitative estimate of drug-likeness (QED) is 0.310. The van der Waals surface area contributed by atoms with Crippen LogP contribution in [0.2, 0.25) is 0 Å². The second kappa shape index (κ2) is 13.0. The molecule has 14 heteroatoms. The standard InChI is InChI=1S/C30H38N10O4/c1-5-26(42)39-8-6-7-22(18-39)40-17-21(15-33-40)34-30-32-16-24(28(31)43)29(36-30)35-27-19(2)13-23(14-25(27)44-4)38-11-9-37(10-12-38)20(3)41/h5,13-17,22H,1,6-12,18H2,2-4H3,(H2,31,43)(H2,32,34,35,36). The fourth-order valence-electron chi connectivity index (χ4n) is 5.59. The average molecular weight is 603 g/mol. The molecule has 2 fully saturated rings. The number of nitrogens with one attached hydrogen (secondary N) is 2. The number of amides is 3. The highest BCUT2D eigenvalue weighted by molar-refractivity contribution is 5.98. The number of nitrogens with two attached hydrogens (primary N) is 1. The molecule has 0 bridgehead atoms. The van der Waals surface area contributed by atoms with Gasteiger partial charge in [-0.15, -0.1) is 0 Å². The summed E-state index contributed by atoms with van der Waals surface area (Å²) in [6, 6.07) is 3.99. The van der Waals surface area contributed by atoms with Gasteiger partial charge in [0.25, 0.3) is 5.91 Å². The lowest BCUT2D eigenvalue weighted by atomic mass is 10.1. The van der Waals surface area contributed by atoms with Crippen LogP contribution in [-0.4, -0.2) is 93.6 Å². The summed E-state index contributed by atoms with van der Waals surface area (Å²) in [6.45, 7) is 11.1. The van der Waals surface area contributed by atoms with Crippen LogP contribution in [-0.2, 0) is 9.59 Å². The number of likely N-dealkylation sites (tertiary alicyclic amines) is 1. The van der Waals surface area contributed by atoms with E-state index in [0.29, 0.717) is 56.4 Å². The van der Waals surface area contributed by atoms with Gasteiger partial charge in [-0.05, 0) is 37.5 Å². The van der Waals surface area contributed by atoms with Crippen molar-refractivity contribution in [3.05, 3.63) is 54.5 Å². The van der Waals surface area contributed by atoms with Crippen molar-refractivity contribution in [2.45, 2.75) is 32.7 Å². The fourth-order valence-corrected chi connectivity index (χ4v) is 5.59. The van der Waals surface area contributed by atoms with Gasteiger partial charge in [-0.3, -0.25) is 19.1 Å². The molecule has 1 atom stereocenters. The zero-order valence-electron chi connectivity index (χ0n) is 25.2. The van der Waals surface area contributed by atoms with E-state index in [9.17, 15) is 14.4 Å². The lowest BCUT2D eigenvalue weighted by molar-refractivity contribution is -0.129. The lowest BCUT2D eigenvalue weighted by Crippen LogP contribution is -2.48. The average Bonchev–Trinajstić information content (AvgIpc) is 3.50. The molecule has 2 saturated heterocycles. The third-order valence-electron chi connectivity index (χ3n) is 8.01. The van der Waals surface area contributed by atoms with Crippen LogP contribution in [0.1, 0.15) is 41.7 Å². The Morgan fingerprint density at radius 1 is 1.09 bits per heavy atom. The smallest absolute Gasteiger partial charge is 0.254 e. The van der Waals surface area contributed by atoms with Crippen LogP contribution in [0.15, 0.2) is 43.4 Å². The highest BCUT2D eigenvalue weighted by atomic mass is 16.5. The number of piperidine rings is 1. The molecule has 2 aliphatic rings. The Balaban J connectivity index is 1.34. The maximum Gasteiger partial charge on any atom is 0.254 e. The molecular formula is C30H38N10O4. The Morgan fingerprint density at radius 2 is 1.86 bits per heavy atom. The van der Waals surface area contributed by atoms with E-state index in [4.69, 9.17) is 10.5 Å². The summed E-state index contributed by atoms with van der Waals surface area (Å²) in [7, 11) is 1.58. The molecule has 14 nitrogen and oxygen atoms in total. The monoisotopic (exact) mass is 602 g/mol. The molecule has 3 amide bonds. The van der Waals surface area contributed by atoms with Crippen molar-refractivity contribution in [3.63, 3.8) is 0 Å². The zero-order valence-corrected chi connectivity index (χ0v) is 25.2. The van der Waals surface area contributed by atoms with Gasteiger partial charge in [0.1, 0.15) is 17.1 Å². The minimum absolute atomic E-state index is 0.0370. The highest BCUT2D eigenvalue weighted by Gasteiger charge is 2.25. The predicted molar refractivity (Wildman–Crippen MR) is 167 cm³/mol. The number of hydrogen-bond donors (Lipinski definition) is 3. The first-order valence-electron chi connectivity index (χ1n) is 14.5. The Bertz CT molecular complexity index is 1560. The number of hydrogen-bond acceptors (Lipinski definition) is 10. The number of primary amides is 1. The summed E-state index contributed by atoms with van der Waals surface area (Å²) in [5.41, 5.74) is 8.91. The molecule has 4 N–H and O–H groups in total. The number of carbonyl (C=O) groups is 3. The molecule has 3 aromatic rings. The van der Waals surface area contributed by atoms with Gasteiger partial charge < -0.3 is 35.8 Å². The van der Waals surface area contributed by atoms with Crippen molar-refractivity contribution < 1.29 is 19.1 Å². The van der Waals surface area contributed by atoms with Gasteiger partial charge in [0.05, 0.1) is 30.7 Å². The van der Waals surface area contributed by atoms with Crippen LogP contribution < -0.4 is 26.0 Å². The Kier molecular flexibility index (Phi) is 8.97. The number of ether oxygens (including phenoxy) is 1. The van der Waals surface area contributed by atoms with E-state index in [-0.39, 0.29) is 35.2 Å². The van der Waals surface area contributed by atoms with E-state index in [1.807, 2.05) is 34.8 Å². The van der Waals surface area contributed by atoms with Crippen molar-refractivity contribution >= 4 is 46.5 Å². The molecular weight excluding hydrogens is 564 g/mol. The Labute approximate surface area is 255 Å². The molecule has 5 rings (SSSR count). The molecule has 232 valence electrons. The van der Waals surface area contributed by atoms with Gasteiger partial charge >= 0.3 is 0 Å². The fraction of sp³-hybridized carbons (Fsp3) is 0.400. The highest BCUT2D eigenvalue weighted by Crippen LogP contribution is 2.36. The summed E-state index contributed by atoms with van der Waals surface area (Å²) < 4.78 is 7.57. The number of benzene rings is 1. The molecule has 0 saturated carbocycles. The van der Waals surface area contributed by atoms with Crippen molar-refractivity contribution in [2.75, 3.05) is 61.9 Å². The Morgan fingerprint density at radius 3 is 2.55 bits per heavy atom. The minimum atomic E-state index is -0.681. The largest absolute Gasteiger partial charge is 0.494 e. The topological polar surface area (TPSA) is 164 Å². The molecule has 4 heterocycles. The number of anilines is 5. The van der Waals surface area contributed by atoms with Crippen LogP contribution in [0.3, 0.4) is 0 Å². The molecule has 0 aliphatic carbocycles. The van der Waals surface area contributed by atoms with Crippen LogP contribution in [0.4, 0.5) is 28.8 Å². The number of carbonyl (C=O) groups excluding carboxylic acids is 3. The SMILES string of the molecule is C=CC(=O)N1CCCC(n2cc(Nc3ncc(C(N)=O)c(Nc4c(C)cc(N5CCN(C(C)=O)CC5)cc4OC)n3)cn2)C1. The van der Waals surface area contributed by atoms with Crippen molar-refractivity contribution in [1.29, 1.82) is 0 Å². The normalized spacial score (nSPS) is 16.8. The van der Waals surface area contributed by atoms with Gasteiger partial charge in [-0.1, -0.05) is 6.58 Å². The maximum atomic E-state index is 12.3. The summed E-state index contributed by atoms with van der Waals surface area (Å²) in [6.07, 6.45) is 7.98. The molecule has 44 heavy (non-hydrogen) atoms. The summed E-state index contributed by atoms with van der Waals surface area (Å²) in [5.74, 6) is 0.332. The van der Waals surface area contributed by atoms with Crippen LogP contribution in [0.5, 0.6) is 5.75 Å². The molecule has 2 aliphatic heterocycles. The van der Waals surface area contributed by atoms with Crippen LogP contribution in [0.25, 0.3) is 0 Å². The third-order valence-corrected chi connectivity index (χ3v) is 8.01. The lowest BCUT2D eigenvalue weighted by Gasteiger charge is -2.36. The van der Waals surface area contributed by atoms with Crippen LogP contribution in [0, 0.1) is 6.92 Å². The molecule has 1 aromatic carbocycles. The maximum absolute atomic E-state index is 12.3. The summed E-state index contributed by atoms with van der Waals surface area (Å²) in [5, 5.41) is 10.9. The van der Waals surface area contributed by atoms with Crippen LogP contribution >= 0.6 is 0 Å². The first kappa shape index (κ1) is 30.3. The van der Waals surface area contributed by atoms with Crippen molar-refractivity contribution in [2.24, 2.45) is 5.73 Å². The zero-order chi connectivity index (χ0) is 31.4. The molecule has 0 radical (unpaired) electrons. The number of methoxy groups -OCH3 is 1. The number of nitrogens with zero attached hydrogens (tertiary/aromatic N) is 7. The van der Waals surface area contributed by atoms with E-state index in [1.165, 1.54) is 12.3 Å². The molecule has 2 aromatic heterocycles. The number of aromatic nitrogens is 4. The van der Waals surface area contributed by atoms with E-state index >= 15 is 0 Å². The first-order valence-corrected chi connectivity index (χ1v) is 14.5. The van der Waals surface area contributed by atoms with Gasteiger partial charge in [-0.25, -0.2) is 4.98 Å². The van der Waals surface area contributed by atoms with Crippen molar-refractivity contribution in [1.82, 2.24) is 29.5 Å². The van der Waals surface area contributed by atoms with E-state index in [0.717, 1.165) is 24.1 Å². The summed E-state index contributed by atoms with van der Waals surface area (Å²) >= 11 is 0. The second-order valence-corrected chi connectivity index (χ2v) is 10.9. The van der Waals surface area contributed by atoms with Crippen molar-refractivity contribution in [3.8, 4) is 5.75 Å². The number of aryl methyl sites for hydroxylation is 1. The predicted octanol–water partition coefficient (Wildman–Crippen LogP) is 2.59. The van der Waals surface area contributed by atoms with Gasteiger partial charge in [-0.2, -0.15) is 10.1 Å². The van der Waals surface area contributed by atoms with E-state index in [1.54, 1.807) is 25.1 Å². The Hall–Kier alpha value is -5.14. The number of rotatable bonds is 9. The van der Waals surface area contributed by atoms with E-state index in [2.05, 4.69) is 37.2 Å². The molecule has 1 unspecified atom stereocenters. The number of piperazine rings is 1. The second-order valence-electron chi connectivity index (χ2n) is 10.9. The van der Waals surface area contributed by atoms with Gasteiger partial charge in [0.15, 0.2) is 0 Å². The third kappa shape index (κ3) is 6.58. The summed E-state index contributed by atoms with van der Waals surface area (Å²) in [4.78, 5) is 50.8. The molecule has 0 spiro atoms.